The van der Waals surface area contributed by atoms with Gasteiger partial charge in [0.15, 0.2) is 17.1 Å². The second-order valence-corrected chi connectivity index (χ2v) is 5.46. The fourth-order valence-electron chi connectivity index (χ4n) is 1.95. The van der Waals surface area contributed by atoms with Gasteiger partial charge in [0.25, 0.3) is 5.56 Å². The highest BCUT2D eigenvalue weighted by Crippen LogP contribution is 2.14. The summed E-state index contributed by atoms with van der Waals surface area (Å²) in [5.74, 6) is 0.836. The van der Waals surface area contributed by atoms with Crippen molar-refractivity contribution in [2.45, 2.75) is 38.8 Å². The average molecular weight is 312 g/mol. The number of thioether (sulfide) groups is 1. The summed E-state index contributed by atoms with van der Waals surface area (Å²) in [7, 11) is 0. The molecule has 2 aromatic heterocycles. The van der Waals surface area contributed by atoms with E-state index >= 15 is 0 Å². The lowest BCUT2D eigenvalue weighted by atomic mass is 10.4. The normalized spacial score (nSPS) is 11.6. The van der Waals surface area contributed by atoms with E-state index in [0.29, 0.717) is 35.9 Å². The Hall–Kier alpha value is -1.38. The molecule has 2 rings (SSSR count). The molecular formula is C13H20N4O3S. The van der Waals surface area contributed by atoms with Crippen molar-refractivity contribution in [3.8, 4) is 0 Å². The molecule has 0 fully saturated rings. The van der Waals surface area contributed by atoms with E-state index in [0.717, 1.165) is 5.75 Å². The lowest BCUT2D eigenvalue weighted by molar-refractivity contribution is -0.144. The summed E-state index contributed by atoms with van der Waals surface area (Å²) >= 11 is 1.49. The summed E-state index contributed by atoms with van der Waals surface area (Å²) in [4.78, 5) is 19.2. The van der Waals surface area contributed by atoms with Crippen molar-refractivity contribution in [2.24, 2.45) is 0 Å². The fraction of sp³-hybridized carbons (Fsp3) is 0.615. The second-order valence-electron chi connectivity index (χ2n) is 4.21. The summed E-state index contributed by atoms with van der Waals surface area (Å²) in [5, 5.41) is 5.30. The first-order valence-electron chi connectivity index (χ1n) is 7.01. The van der Waals surface area contributed by atoms with Crippen LogP contribution < -0.4 is 5.56 Å². The minimum absolute atomic E-state index is 0.174. The third-order valence-corrected chi connectivity index (χ3v) is 3.55. The number of hydrogen-bond acceptors (Lipinski definition) is 6. The molecule has 1 N–H and O–H groups in total. The molecule has 0 aliphatic heterocycles. The molecule has 0 bridgehead atoms. The van der Waals surface area contributed by atoms with E-state index < -0.39 is 6.29 Å². The molecule has 0 aliphatic rings. The first kappa shape index (κ1) is 16.0. The summed E-state index contributed by atoms with van der Waals surface area (Å²) in [6.07, 6.45) is 1.13. The van der Waals surface area contributed by atoms with Crippen LogP contribution in [-0.4, -0.2) is 45.0 Å². The predicted octanol–water partition coefficient (Wildman–Crippen LogP) is 1.63. The highest BCUT2D eigenvalue weighted by Gasteiger charge is 2.15. The molecule has 0 aromatic carbocycles. The van der Waals surface area contributed by atoms with Crippen molar-refractivity contribution in [3.63, 3.8) is 0 Å². The van der Waals surface area contributed by atoms with Gasteiger partial charge in [0.1, 0.15) is 5.39 Å². The minimum Gasteiger partial charge on any atom is -0.351 e. The smallest absolute Gasteiger partial charge is 0.262 e. The topological polar surface area (TPSA) is 82.0 Å². The molecular weight excluding hydrogens is 292 g/mol. The molecule has 0 spiro atoms. The second kappa shape index (κ2) is 7.58. The molecule has 0 aliphatic carbocycles. The van der Waals surface area contributed by atoms with Gasteiger partial charge < -0.3 is 14.5 Å². The number of nitrogens with one attached hydrogen (secondary N) is 1. The van der Waals surface area contributed by atoms with E-state index in [1.165, 1.54) is 18.0 Å². The third kappa shape index (κ3) is 3.84. The summed E-state index contributed by atoms with van der Waals surface area (Å²) in [6.45, 7) is 7.33. The Kier molecular flexibility index (Phi) is 5.77. The molecule has 0 amide bonds. The standard InChI is InChI=1S/C13H20N4O3S/c1-4-19-10(20-5-2)8-17-11-9(7-14-17)12(18)16-13(15-11)21-6-3/h7,10H,4-6,8H2,1-3H3,(H,15,16,18). The van der Waals surface area contributed by atoms with Gasteiger partial charge in [-0.05, 0) is 19.6 Å². The van der Waals surface area contributed by atoms with Gasteiger partial charge >= 0.3 is 0 Å². The first-order chi connectivity index (χ1) is 10.2. The van der Waals surface area contributed by atoms with Gasteiger partial charge in [-0.15, -0.1) is 0 Å². The largest absolute Gasteiger partial charge is 0.351 e. The number of hydrogen-bond donors (Lipinski definition) is 1. The molecule has 2 heterocycles. The zero-order valence-electron chi connectivity index (χ0n) is 12.5. The summed E-state index contributed by atoms with van der Waals surface area (Å²) < 4.78 is 12.7. The Morgan fingerprint density at radius 2 is 2.05 bits per heavy atom. The van der Waals surface area contributed by atoms with Crippen LogP contribution in [0.15, 0.2) is 16.1 Å². The monoisotopic (exact) mass is 312 g/mol. The number of aromatic amines is 1. The highest BCUT2D eigenvalue weighted by molar-refractivity contribution is 7.99. The van der Waals surface area contributed by atoms with Gasteiger partial charge in [0.05, 0.1) is 12.7 Å². The van der Waals surface area contributed by atoms with Crippen LogP contribution in [0.3, 0.4) is 0 Å². The quantitative estimate of drug-likeness (QED) is 0.453. The molecule has 0 radical (unpaired) electrons. The third-order valence-electron chi connectivity index (χ3n) is 2.79. The van der Waals surface area contributed by atoms with Crippen LogP contribution in [0.25, 0.3) is 11.0 Å². The SMILES string of the molecule is CCOC(Cn1ncc2c(=O)[nH]c(SCC)nc21)OCC. The van der Waals surface area contributed by atoms with Gasteiger partial charge in [0, 0.05) is 13.2 Å². The van der Waals surface area contributed by atoms with Crippen LogP contribution in [0.5, 0.6) is 0 Å². The van der Waals surface area contributed by atoms with Gasteiger partial charge in [0.2, 0.25) is 0 Å². The van der Waals surface area contributed by atoms with Gasteiger partial charge in [-0.2, -0.15) is 5.10 Å². The van der Waals surface area contributed by atoms with E-state index in [-0.39, 0.29) is 5.56 Å². The lowest BCUT2D eigenvalue weighted by Crippen LogP contribution is -2.24. The first-order valence-corrected chi connectivity index (χ1v) is 7.99. The summed E-state index contributed by atoms with van der Waals surface area (Å²) in [6, 6.07) is 0. The van der Waals surface area contributed by atoms with Crippen LogP contribution in [-0.2, 0) is 16.0 Å². The maximum absolute atomic E-state index is 12.0. The predicted molar refractivity (Wildman–Crippen MR) is 81.6 cm³/mol. The molecule has 21 heavy (non-hydrogen) atoms. The maximum atomic E-state index is 12.0. The Balaban J connectivity index is 2.33. The van der Waals surface area contributed by atoms with E-state index in [1.807, 2.05) is 20.8 Å². The van der Waals surface area contributed by atoms with Crippen LogP contribution in [0.2, 0.25) is 0 Å². The van der Waals surface area contributed by atoms with Crippen molar-refractivity contribution in [2.75, 3.05) is 19.0 Å². The molecule has 7 nitrogen and oxygen atoms in total. The van der Waals surface area contributed by atoms with Gasteiger partial charge in [-0.1, -0.05) is 18.7 Å². The lowest BCUT2D eigenvalue weighted by Gasteiger charge is -2.16. The number of fused-ring (bicyclic) bond motifs is 1. The molecule has 0 saturated carbocycles. The van der Waals surface area contributed by atoms with Crippen molar-refractivity contribution in [3.05, 3.63) is 16.6 Å². The fourth-order valence-corrected chi connectivity index (χ4v) is 2.54. The number of H-pyrrole nitrogens is 1. The number of nitrogens with zero attached hydrogens (tertiary/aromatic N) is 3. The van der Waals surface area contributed by atoms with Crippen LogP contribution in [0.4, 0.5) is 0 Å². The molecule has 0 unspecified atom stereocenters. The molecule has 0 saturated heterocycles. The number of ether oxygens (including phenoxy) is 2. The van der Waals surface area contributed by atoms with Gasteiger partial charge in [-0.3, -0.25) is 4.79 Å². The average Bonchev–Trinajstić information content (AvgIpc) is 2.83. The zero-order chi connectivity index (χ0) is 15.2. The molecule has 116 valence electrons. The maximum Gasteiger partial charge on any atom is 0.262 e. The van der Waals surface area contributed by atoms with Crippen molar-refractivity contribution >= 4 is 22.8 Å². The molecule has 0 atom stereocenters. The molecule has 2 aromatic rings. The van der Waals surface area contributed by atoms with Crippen molar-refractivity contribution in [1.29, 1.82) is 0 Å². The Labute approximate surface area is 127 Å². The Morgan fingerprint density at radius 3 is 2.67 bits per heavy atom. The summed E-state index contributed by atoms with van der Waals surface area (Å²) in [5.41, 5.74) is 0.380. The number of rotatable bonds is 8. The number of aromatic nitrogens is 4. The Morgan fingerprint density at radius 1 is 1.33 bits per heavy atom. The van der Waals surface area contributed by atoms with E-state index in [2.05, 4.69) is 15.1 Å². The van der Waals surface area contributed by atoms with Crippen LogP contribution in [0.1, 0.15) is 20.8 Å². The van der Waals surface area contributed by atoms with Crippen LogP contribution in [0, 0.1) is 0 Å². The minimum atomic E-state index is -0.397. The van der Waals surface area contributed by atoms with Crippen molar-refractivity contribution < 1.29 is 9.47 Å². The van der Waals surface area contributed by atoms with Crippen molar-refractivity contribution in [1.82, 2.24) is 19.7 Å². The molecule has 8 heteroatoms. The highest BCUT2D eigenvalue weighted by atomic mass is 32.2. The Bertz CT molecular complexity index is 634. The zero-order valence-corrected chi connectivity index (χ0v) is 13.3. The van der Waals surface area contributed by atoms with E-state index in [1.54, 1.807) is 4.68 Å². The van der Waals surface area contributed by atoms with E-state index in [9.17, 15) is 4.79 Å². The van der Waals surface area contributed by atoms with E-state index in [4.69, 9.17) is 9.47 Å². The van der Waals surface area contributed by atoms with Gasteiger partial charge in [-0.25, -0.2) is 9.67 Å². The van der Waals surface area contributed by atoms with Crippen LogP contribution >= 0.6 is 11.8 Å².